The number of nitrogens with zero attached hydrogens (tertiary/aromatic N) is 1. The maximum absolute atomic E-state index is 15.2. The Kier molecular flexibility index (Phi) is 6.58. The lowest BCUT2D eigenvalue weighted by Gasteiger charge is -2.38. The number of amides is 4. The van der Waals surface area contributed by atoms with Crippen LogP contribution in [0.15, 0.2) is 18.2 Å². The van der Waals surface area contributed by atoms with E-state index in [-0.39, 0.29) is 11.8 Å². The molecule has 3 rings (SSSR count). The normalized spacial score (nSPS) is 23.1. The monoisotopic (exact) mass is 426 g/mol. The highest BCUT2D eigenvalue weighted by molar-refractivity contribution is 7.99. The molecule has 0 spiro atoms. The Labute approximate surface area is 172 Å². The number of nitrogens with one attached hydrogen (secondary N) is 1. The molecule has 1 aromatic rings. The van der Waals surface area contributed by atoms with E-state index in [0.29, 0.717) is 31.6 Å². The van der Waals surface area contributed by atoms with Gasteiger partial charge in [0, 0.05) is 31.4 Å². The highest BCUT2D eigenvalue weighted by Gasteiger charge is 2.46. The Morgan fingerprint density at radius 2 is 1.97 bits per heavy atom. The molecular weight excluding hydrogens is 402 g/mol. The van der Waals surface area contributed by atoms with Crippen LogP contribution < -0.4 is 5.32 Å². The van der Waals surface area contributed by atoms with Crippen LogP contribution in [-0.4, -0.2) is 47.0 Å². The summed E-state index contributed by atoms with van der Waals surface area (Å²) in [5.41, 5.74) is 1.22. The van der Waals surface area contributed by atoms with Crippen molar-refractivity contribution < 1.29 is 27.9 Å². The zero-order valence-corrected chi connectivity index (χ0v) is 17.2. The number of rotatable bonds is 6. The van der Waals surface area contributed by atoms with Gasteiger partial charge in [0.25, 0.3) is 0 Å². The van der Waals surface area contributed by atoms with E-state index in [1.807, 2.05) is 6.92 Å². The fraction of sp³-hybridized carbons (Fsp3) is 0.550. The molecule has 0 radical (unpaired) electrons. The first kappa shape index (κ1) is 21.7. The quantitative estimate of drug-likeness (QED) is 0.707. The molecule has 2 aliphatic rings. The average molecular weight is 426 g/mol. The van der Waals surface area contributed by atoms with Gasteiger partial charge < -0.3 is 4.74 Å². The standard InChI is InChI=1S/C20H24F2N2O4S/c1-12-3-4-16(21)13(9-12)11-29-20(2,22)10-15-17(25)23-19(27)24(18(15)26)14-5-7-28-8-6-14/h3-4,9,14-15H,5-8,10-11H2,1-2H3,(H,23,25,27)/t15?,20-/m0/s1. The molecule has 0 aliphatic carbocycles. The molecule has 4 amide bonds. The van der Waals surface area contributed by atoms with Crippen LogP contribution in [0.25, 0.3) is 0 Å². The van der Waals surface area contributed by atoms with Crippen molar-refractivity contribution in [1.29, 1.82) is 0 Å². The average Bonchev–Trinajstić information content (AvgIpc) is 2.67. The van der Waals surface area contributed by atoms with Crippen LogP contribution in [0, 0.1) is 18.7 Å². The van der Waals surface area contributed by atoms with Gasteiger partial charge in [-0.15, -0.1) is 11.8 Å². The summed E-state index contributed by atoms with van der Waals surface area (Å²) >= 11 is 0.828. The van der Waals surface area contributed by atoms with Crippen molar-refractivity contribution in [2.24, 2.45) is 5.92 Å². The number of hydrogen-bond acceptors (Lipinski definition) is 5. The molecule has 1 aromatic carbocycles. The van der Waals surface area contributed by atoms with Crippen molar-refractivity contribution in [3.05, 3.63) is 35.1 Å². The molecule has 2 saturated heterocycles. The maximum atomic E-state index is 15.2. The Balaban J connectivity index is 1.69. The molecule has 2 aliphatic heterocycles. The Hall–Kier alpha value is -2.00. The van der Waals surface area contributed by atoms with E-state index >= 15 is 4.39 Å². The summed E-state index contributed by atoms with van der Waals surface area (Å²) in [6.45, 7) is 3.91. The van der Waals surface area contributed by atoms with Crippen molar-refractivity contribution in [3.8, 4) is 0 Å². The molecular formula is C20H24F2N2O4S. The second-order valence-electron chi connectivity index (χ2n) is 7.59. The van der Waals surface area contributed by atoms with Crippen LogP contribution in [0.5, 0.6) is 0 Å². The molecule has 6 nitrogen and oxygen atoms in total. The fourth-order valence-electron chi connectivity index (χ4n) is 3.57. The van der Waals surface area contributed by atoms with Gasteiger partial charge in [0.1, 0.15) is 11.7 Å². The number of barbiturate groups is 1. The highest BCUT2D eigenvalue weighted by atomic mass is 32.2. The second-order valence-corrected chi connectivity index (χ2v) is 9.02. The molecule has 0 aromatic heterocycles. The van der Waals surface area contributed by atoms with Gasteiger partial charge in [0.05, 0.1) is 0 Å². The minimum Gasteiger partial charge on any atom is -0.381 e. The van der Waals surface area contributed by atoms with Gasteiger partial charge in [-0.25, -0.2) is 13.6 Å². The molecule has 1 unspecified atom stereocenters. The molecule has 2 fully saturated rings. The number of imide groups is 2. The third-order valence-electron chi connectivity index (χ3n) is 5.16. The van der Waals surface area contributed by atoms with Gasteiger partial charge in [0.2, 0.25) is 11.8 Å². The van der Waals surface area contributed by atoms with Gasteiger partial charge in [-0.3, -0.25) is 19.8 Å². The number of carbonyl (C=O) groups excluding carboxylic acids is 3. The minimum absolute atomic E-state index is 0.0612. The molecule has 2 atom stereocenters. The second kappa shape index (κ2) is 8.79. The number of thioether (sulfide) groups is 1. The number of carbonyl (C=O) groups is 3. The largest absolute Gasteiger partial charge is 0.381 e. The molecule has 0 bridgehead atoms. The number of halogens is 2. The molecule has 9 heteroatoms. The van der Waals surface area contributed by atoms with Crippen molar-refractivity contribution >= 4 is 29.6 Å². The number of urea groups is 1. The number of hydrogen-bond donors (Lipinski definition) is 1. The number of alkyl halides is 1. The highest BCUT2D eigenvalue weighted by Crippen LogP contribution is 2.38. The minimum atomic E-state index is -1.96. The smallest absolute Gasteiger partial charge is 0.331 e. The molecule has 0 saturated carbocycles. The summed E-state index contributed by atoms with van der Waals surface area (Å²) in [6, 6.07) is 3.47. The van der Waals surface area contributed by atoms with Crippen molar-refractivity contribution in [2.45, 2.75) is 49.9 Å². The van der Waals surface area contributed by atoms with E-state index in [4.69, 9.17) is 4.74 Å². The summed E-state index contributed by atoms with van der Waals surface area (Å²) in [7, 11) is 0. The third kappa shape index (κ3) is 5.14. The topological polar surface area (TPSA) is 75.7 Å². The lowest BCUT2D eigenvalue weighted by atomic mass is 9.95. The van der Waals surface area contributed by atoms with Crippen LogP contribution >= 0.6 is 11.8 Å². The SMILES string of the molecule is Cc1ccc(F)c(CS[C@](C)(F)CC2C(=O)NC(=O)N(C3CCOCC3)C2=O)c1. The molecule has 1 N–H and O–H groups in total. The summed E-state index contributed by atoms with van der Waals surface area (Å²) in [5, 5.41) is 0.208. The summed E-state index contributed by atoms with van der Waals surface area (Å²) in [4.78, 5) is 38.4. The maximum Gasteiger partial charge on any atom is 0.331 e. The van der Waals surface area contributed by atoms with Crippen LogP contribution in [0.3, 0.4) is 0 Å². The van der Waals surface area contributed by atoms with Crippen molar-refractivity contribution in [3.63, 3.8) is 0 Å². The van der Waals surface area contributed by atoms with Gasteiger partial charge in [0.15, 0.2) is 5.00 Å². The fourth-order valence-corrected chi connectivity index (χ4v) is 4.53. The van der Waals surface area contributed by atoms with Gasteiger partial charge in [-0.2, -0.15) is 0 Å². The molecule has 158 valence electrons. The van der Waals surface area contributed by atoms with Gasteiger partial charge in [-0.1, -0.05) is 17.7 Å². The first-order chi connectivity index (χ1) is 13.7. The third-order valence-corrected chi connectivity index (χ3v) is 6.38. The predicted molar refractivity (Wildman–Crippen MR) is 104 cm³/mol. The van der Waals surface area contributed by atoms with E-state index in [9.17, 15) is 18.8 Å². The number of benzene rings is 1. The van der Waals surface area contributed by atoms with Gasteiger partial charge in [-0.05, 0) is 38.3 Å². The Morgan fingerprint density at radius 3 is 2.66 bits per heavy atom. The lowest BCUT2D eigenvalue weighted by Crippen LogP contribution is -2.62. The lowest BCUT2D eigenvalue weighted by molar-refractivity contribution is -0.146. The Morgan fingerprint density at radius 1 is 1.28 bits per heavy atom. The van der Waals surface area contributed by atoms with Crippen LogP contribution in [-0.2, 0) is 20.1 Å². The van der Waals surface area contributed by atoms with Crippen molar-refractivity contribution in [1.82, 2.24) is 10.2 Å². The summed E-state index contributed by atoms with van der Waals surface area (Å²) < 4.78 is 34.4. The predicted octanol–water partition coefficient (Wildman–Crippen LogP) is 3.32. The van der Waals surface area contributed by atoms with E-state index in [2.05, 4.69) is 5.32 Å². The molecule has 2 heterocycles. The zero-order chi connectivity index (χ0) is 21.2. The van der Waals surface area contributed by atoms with E-state index in [1.54, 1.807) is 12.1 Å². The molecule has 29 heavy (non-hydrogen) atoms. The van der Waals surface area contributed by atoms with E-state index in [1.165, 1.54) is 13.0 Å². The van der Waals surface area contributed by atoms with Gasteiger partial charge >= 0.3 is 6.03 Å². The summed E-state index contributed by atoms with van der Waals surface area (Å²) in [6.07, 6.45) is 0.561. The van der Waals surface area contributed by atoms with Crippen molar-refractivity contribution in [2.75, 3.05) is 13.2 Å². The number of aryl methyl sites for hydroxylation is 1. The first-order valence-electron chi connectivity index (χ1n) is 9.51. The van der Waals surface area contributed by atoms with Crippen LogP contribution in [0.4, 0.5) is 13.6 Å². The van der Waals surface area contributed by atoms with E-state index in [0.717, 1.165) is 22.2 Å². The van der Waals surface area contributed by atoms with Crippen LogP contribution in [0.1, 0.15) is 37.3 Å². The van der Waals surface area contributed by atoms with E-state index < -0.39 is 41.0 Å². The van der Waals surface area contributed by atoms with Crippen LogP contribution in [0.2, 0.25) is 0 Å². The zero-order valence-electron chi connectivity index (χ0n) is 16.4. The number of ether oxygens (including phenoxy) is 1. The summed E-state index contributed by atoms with van der Waals surface area (Å²) in [5.74, 6) is -3.15. The first-order valence-corrected chi connectivity index (χ1v) is 10.5. The Bertz CT molecular complexity index is 812.